The molecule has 0 aliphatic carbocycles. The zero-order valence-corrected chi connectivity index (χ0v) is 15.9. The number of carbonyl (C=O) groups is 1. The highest BCUT2D eigenvalue weighted by Gasteiger charge is 2.55. The zero-order valence-electron chi connectivity index (χ0n) is 15.9. The van der Waals surface area contributed by atoms with Gasteiger partial charge in [-0.2, -0.15) is 0 Å². The van der Waals surface area contributed by atoms with E-state index >= 15 is 0 Å². The Bertz CT molecular complexity index is 711. The first kappa shape index (κ1) is 17.5. The number of hydrogen-bond donors (Lipinski definition) is 0. The number of piperidine rings is 3. The molecule has 26 heavy (non-hydrogen) atoms. The standard InChI is InChI=1S/C24H29NO/c1-3-24(4-2)17-25-16-15-20(24)23(26)22(25)21(18-11-7-5-8-12-18)19-13-9-6-10-14-19/h5-14,20-22H,3-4,15-17H2,1-2H3. The first-order valence-electron chi connectivity index (χ1n) is 10.1. The number of fused-ring (bicyclic) bond motifs is 3. The van der Waals surface area contributed by atoms with E-state index in [1.165, 1.54) is 11.1 Å². The van der Waals surface area contributed by atoms with Gasteiger partial charge in [0.15, 0.2) is 5.78 Å². The van der Waals surface area contributed by atoms with Crippen LogP contribution < -0.4 is 0 Å². The maximum absolute atomic E-state index is 13.7. The molecular formula is C24H29NO. The molecule has 0 N–H and O–H groups in total. The molecule has 136 valence electrons. The van der Waals surface area contributed by atoms with Crippen LogP contribution in [0.3, 0.4) is 0 Å². The number of ketones is 1. The van der Waals surface area contributed by atoms with Gasteiger partial charge in [0.25, 0.3) is 0 Å². The van der Waals surface area contributed by atoms with Gasteiger partial charge in [-0.1, -0.05) is 74.5 Å². The van der Waals surface area contributed by atoms with Crippen molar-refractivity contribution in [1.29, 1.82) is 0 Å². The number of hydrogen-bond acceptors (Lipinski definition) is 2. The van der Waals surface area contributed by atoms with Gasteiger partial charge in [-0.15, -0.1) is 0 Å². The molecule has 2 nitrogen and oxygen atoms in total. The molecule has 2 aromatic carbocycles. The van der Waals surface area contributed by atoms with E-state index in [0.29, 0.717) is 5.78 Å². The molecule has 0 aromatic heterocycles. The van der Waals surface area contributed by atoms with Gasteiger partial charge in [-0.05, 0) is 42.3 Å². The number of benzene rings is 2. The first-order chi connectivity index (χ1) is 12.7. The highest BCUT2D eigenvalue weighted by molar-refractivity contribution is 5.90. The Morgan fingerprint density at radius 2 is 1.50 bits per heavy atom. The average molecular weight is 348 g/mol. The summed E-state index contributed by atoms with van der Waals surface area (Å²) in [6.07, 6.45) is 3.24. The van der Waals surface area contributed by atoms with Gasteiger partial charge in [0.1, 0.15) is 0 Å². The van der Waals surface area contributed by atoms with E-state index in [2.05, 4.69) is 79.4 Å². The Kier molecular flexibility index (Phi) is 4.71. The molecule has 2 bridgehead atoms. The highest BCUT2D eigenvalue weighted by atomic mass is 16.1. The van der Waals surface area contributed by atoms with Gasteiger partial charge < -0.3 is 0 Å². The van der Waals surface area contributed by atoms with Gasteiger partial charge in [-0.3, -0.25) is 9.69 Å². The Morgan fingerprint density at radius 3 is 1.96 bits per heavy atom. The lowest BCUT2D eigenvalue weighted by Crippen LogP contribution is -2.65. The van der Waals surface area contributed by atoms with Gasteiger partial charge in [0, 0.05) is 18.4 Å². The van der Waals surface area contributed by atoms with Crippen LogP contribution in [0.15, 0.2) is 60.7 Å². The third-order valence-corrected chi connectivity index (χ3v) is 7.03. The van der Waals surface area contributed by atoms with Crippen molar-refractivity contribution in [1.82, 2.24) is 4.90 Å². The number of rotatable bonds is 5. The minimum atomic E-state index is -0.0234. The fourth-order valence-corrected chi connectivity index (χ4v) is 5.48. The molecule has 2 heteroatoms. The summed E-state index contributed by atoms with van der Waals surface area (Å²) in [5.74, 6) is 0.825. The third-order valence-electron chi connectivity index (χ3n) is 7.03. The molecule has 3 aliphatic heterocycles. The van der Waals surface area contributed by atoms with Crippen molar-refractivity contribution in [2.75, 3.05) is 13.1 Å². The third kappa shape index (κ3) is 2.72. The topological polar surface area (TPSA) is 20.3 Å². The fourth-order valence-electron chi connectivity index (χ4n) is 5.48. The van der Waals surface area contributed by atoms with Gasteiger partial charge in [0.2, 0.25) is 0 Å². The summed E-state index contributed by atoms with van der Waals surface area (Å²) >= 11 is 0. The lowest BCUT2D eigenvalue weighted by molar-refractivity contribution is -0.152. The quantitative estimate of drug-likeness (QED) is 0.767. The molecule has 0 spiro atoms. The molecule has 3 aliphatic rings. The predicted octanol–water partition coefficient (Wildman–Crippen LogP) is 4.90. The molecule has 3 fully saturated rings. The van der Waals surface area contributed by atoms with E-state index in [0.717, 1.165) is 32.4 Å². The Hall–Kier alpha value is -1.93. The summed E-state index contributed by atoms with van der Waals surface area (Å²) in [4.78, 5) is 16.2. The van der Waals surface area contributed by atoms with Crippen molar-refractivity contribution < 1.29 is 4.79 Å². The molecule has 2 aromatic rings. The molecule has 3 atom stereocenters. The van der Waals surface area contributed by atoms with Crippen molar-refractivity contribution in [2.45, 2.75) is 45.1 Å². The van der Waals surface area contributed by atoms with E-state index in [9.17, 15) is 4.79 Å². The van der Waals surface area contributed by atoms with Gasteiger partial charge >= 0.3 is 0 Å². The minimum Gasteiger partial charge on any atom is -0.298 e. The van der Waals surface area contributed by atoms with Crippen LogP contribution in [0.4, 0.5) is 0 Å². The molecule has 3 unspecified atom stereocenters. The predicted molar refractivity (Wildman–Crippen MR) is 106 cm³/mol. The molecular weight excluding hydrogens is 318 g/mol. The number of nitrogens with zero attached hydrogens (tertiary/aromatic N) is 1. The van der Waals surface area contributed by atoms with Crippen molar-refractivity contribution in [3.63, 3.8) is 0 Å². The summed E-state index contributed by atoms with van der Waals surface area (Å²) in [6, 6.07) is 21.2. The summed E-state index contributed by atoms with van der Waals surface area (Å²) in [7, 11) is 0. The molecule has 0 radical (unpaired) electrons. The van der Waals surface area contributed by atoms with Crippen LogP contribution in [0.2, 0.25) is 0 Å². The number of carbonyl (C=O) groups excluding carboxylic acids is 1. The van der Waals surface area contributed by atoms with E-state index in [4.69, 9.17) is 0 Å². The largest absolute Gasteiger partial charge is 0.298 e. The Balaban J connectivity index is 1.77. The molecule has 0 saturated carbocycles. The second-order valence-electron chi connectivity index (χ2n) is 8.03. The van der Waals surface area contributed by atoms with Crippen molar-refractivity contribution >= 4 is 5.78 Å². The van der Waals surface area contributed by atoms with Crippen LogP contribution >= 0.6 is 0 Å². The van der Waals surface area contributed by atoms with Crippen molar-refractivity contribution in [2.24, 2.45) is 11.3 Å². The normalized spacial score (nSPS) is 27.0. The van der Waals surface area contributed by atoms with Crippen molar-refractivity contribution in [3.8, 4) is 0 Å². The molecule has 0 amide bonds. The monoisotopic (exact) mass is 347 g/mol. The lowest BCUT2D eigenvalue weighted by atomic mass is 9.59. The maximum Gasteiger partial charge on any atom is 0.154 e. The van der Waals surface area contributed by atoms with E-state index in [-0.39, 0.29) is 23.3 Å². The summed E-state index contributed by atoms with van der Waals surface area (Å²) in [5.41, 5.74) is 2.69. The maximum atomic E-state index is 13.7. The summed E-state index contributed by atoms with van der Waals surface area (Å²) < 4.78 is 0. The SMILES string of the molecule is CCC1(CC)CN2CCC1C(=O)C2C(c1ccccc1)c1ccccc1. The van der Waals surface area contributed by atoms with Gasteiger partial charge in [0.05, 0.1) is 6.04 Å². The lowest BCUT2D eigenvalue weighted by Gasteiger charge is -2.57. The Morgan fingerprint density at radius 1 is 0.962 bits per heavy atom. The van der Waals surface area contributed by atoms with Crippen LogP contribution in [-0.4, -0.2) is 29.8 Å². The van der Waals surface area contributed by atoms with Crippen LogP contribution in [0.1, 0.15) is 50.2 Å². The van der Waals surface area contributed by atoms with Crippen LogP contribution in [-0.2, 0) is 4.79 Å². The average Bonchev–Trinajstić information content (AvgIpc) is 2.71. The smallest absolute Gasteiger partial charge is 0.154 e. The summed E-state index contributed by atoms with van der Waals surface area (Å²) in [6.45, 7) is 6.65. The highest BCUT2D eigenvalue weighted by Crippen LogP contribution is 2.50. The summed E-state index contributed by atoms with van der Waals surface area (Å²) in [5, 5.41) is 0. The van der Waals surface area contributed by atoms with Gasteiger partial charge in [-0.25, -0.2) is 0 Å². The minimum absolute atomic E-state index is 0.0234. The second-order valence-corrected chi connectivity index (χ2v) is 8.03. The molecule has 3 heterocycles. The molecule has 3 saturated heterocycles. The first-order valence-corrected chi connectivity index (χ1v) is 10.1. The van der Waals surface area contributed by atoms with Crippen molar-refractivity contribution in [3.05, 3.63) is 71.8 Å². The van der Waals surface area contributed by atoms with E-state index < -0.39 is 0 Å². The Labute approximate surface area is 157 Å². The van der Waals surface area contributed by atoms with E-state index in [1.807, 2.05) is 0 Å². The zero-order chi connectivity index (χ0) is 18.1. The van der Waals surface area contributed by atoms with Crippen LogP contribution in [0, 0.1) is 11.3 Å². The van der Waals surface area contributed by atoms with Crippen LogP contribution in [0.25, 0.3) is 0 Å². The molecule has 5 rings (SSSR count). The number of Topliss-reactive ketones (excluding diaryl/α,β-unsaturated/α-hetero) is 1. The van der Waals surface area contributed by atoms with E-state index in [1.54, 1.807) is 0 Å². The second kappa shape index (κ2) is 7.00. The van der Waals surface area contributed by atoms with Crippen LogP contribution in [0.5, 0.6) is 0 Å². The fraction of sp³-hybridized carbons (Fsp3) is 0.458.